The summed E-state index contributed by atoms with van der Waals surface area (Å²) in [6.07, 6.45) is 0.789. The third-order valence-corrected chi connectivity index (χ3v) is 6.28. The van der Waals surface area contributed by atoms with E-state index in [0.717, 1.165) is 23.3 Å². The van der Waals surface area contributed by atoms with Crippen LogP contribution in [-0.4, -0.2) is 46.7 Å². The van der Waals surface area contributed by atoms with Crippen LogP contribution in [0.25, 0.3) is 17.0 Å². The molecule has 0 saturated heterocycles. The van der Waals surface area contributed by atoms with Gasteiger partial charge in [-0.05, 0) is 68.4 Å². The van der Waals surface area contributed by atoms with Crippen LogP contribution in [0.1, 0.15) is 37.8 Å². The number of thiocarbonyl (C=S) groups is 1. The molecule has 1 atom stereocenters. The van der Waals surface area contributed by atoms with Gasteiger partial charge in [-0.1, -0.05) is 17.3 Å². The van der Waals surface area contributed by atoms with Gasteiger partial charge in [-0.3, -0.25) is 0 Å². The zero-order valence-electron chi connectivity index (χ0n) is 19.4. The molecule has 0 bridgehead atoms. The summed E-state index contributed by atoms with van der Waals surface area (Å²) in [6, 6.07) is 11.4. The van der Waals surface area contributed by atoms with Crippen molar-refractivity contribution in [3.05, 3.63) is 65.4 Å². The van der Waals surface area contributed by atoms with E-state index in [9.17, 15) is 4.39 Å². The Morgan fingerprint density at radius 3 is 2.89 bits per heavy atom. The topological polar surface area (TPSA) is 81.9 Å². The van der Waals surface area contributed by atoms with Gasteiger partial charge < -0.3 is 29.0 Å². The highest BCUT2D eigenvalue weighted by atomic mass is 32.1. The number of benzene rings is 2. The molecule has 35 heavy (non-hydrogen) atoms. The lowest BCUT2D eigenvalue weighted by Crippen LogP contribution is -2.46. The molecule has 0 fully saturated rings. The fourth-order valence-corrected chi connectivity index (χ4v) is 4.56. The summed E-state index contributed by atoms with van der Waals surface area (Å²) in [5.74, 6) is 1.71. The quantitative estimate of drug-likeness (QED) is 0.353. The van der Waals surface area contributed by atoms with E-state index in [1.165, 1.54) is 12.1 Å². The first-order chi connectivity index (χ1) is 17.0. The van der Waals surface area contributed by atoms with Gasteiger partial charge in [0.1, 0.15) is 5.82 Å². The average molecular weight is 497 g/mol. The zero-order chi connectivity index (χ0) is 24.4. The molecule has 0 aliphatic carbocycles. The molecule has 2 aliphatic heterocycles. The largest absolute Gasteiger partial charge is 0.454 e. The summed E-state index contributed by atoms with van der Waals surface area (Å²) in [4.78, 5) is 6.68. The molecule has 0 saturated carbocycles. The van der Waals surface area contributed by atoms with Crippen LogP contribution >= 0.6 is 12.2 Å². The van der Waals surface area contributed by atoms with Gasteiger partial charge >= 0.3 is 0 Å². The number of ether oxygens (including phenoxy) is 3. The summed E-state index contributed by atoms with van der Waals surface area (Å²) in [5.41, 5.74) is 3.04. The summed E-state index contributed by atoms with van der Waals surface area (Å²) in [6.45, 7) is 6.05. The standard InChI is InChI=1S/C25H25FN4O4S/c1-3-31-11-5-10-30-15(2)21(22(27-25(30)35)16-6-4-7-18(26)12-16)24-28-23(29-34-24)17-8-9-19-20(13-17)33-14-32-19/h4,6-9,12-13,22H,3,5,10-11,14H2,1-2H3,(H,27,35). The minimum atomic E-state index is -0.452. The normalized spacial score (nSPS) is 17.2. The first-order valence-corrected chi connectivity index (χ1v) is 11.8. The average Bonchev–Trinajstić information content (AvgIpc) is 3.52. The van der Waals surface area contributed by atoms with Gasteiger partial charge in [0.15, 0.2) is 16.6 Å². The molecule has 2 aromatic carbocycles. The molecule has 0 radical (unpaired) electrons. The van der Waals surface area contributed by atoms with E-state index in [0.29, 0.717) is 53.6 Å². The van der Waals surface area contributed by atoms with Crippen molar-refractivity contribution in [3.8, 4) is 22.9 Å². The molecule has 0 spiro atoms. The summed E-state index contributed by atoms with van der Waals surface area (Å²) in [7, 11) is 0. The van der Waals surface area contributed by atoms with Crippen LogP contribution in [0, 0.1) is 5.82 Å². The van der Waals surface area contributed by atoms with Crippen molar-refractivity contribution in [2.75, 3.05) is 26.6 Å². The first kappa shape index (κ1) is 23.3. The molecule has 182 valence electrons. The van der Waals surface area contributed by atoms with E-state index in [-0.39, 0.29) is 12.6 Å². The first-order valence-electron chi connectivity index (χ1n) is 11.4. The van der Waals surface area contributed by atoms with E-state index >= 15 is 0 Å². The molecule has 0 amide bonds. The van der Waals surface area contributed by atoms with Crippen molar-refractivity contribution >= 4 is 22.9 Å². The highest BCUT2D eigenvalue weighted by molar-refractivity contribution is 7.80. The van der Waals surface area contributed by atoms with E-state index < -0.39 is 6.04 Å². The van der Waals surface area contributed by atoms with Crippen LogP contribution in [-0.2, 0) is 4.74 Å². The lowest BCUT2D eigenvalue weighted by atomic mass is 9.94. The number of nitrogens with one attached hydrogen (secondary N) is 1. The van der Waals surface area contributed by atoms with Crippen molar-refractivity contribution < 1.29 is 23.1 Å². The Morgan fingerprint density at radius 2 is 2.06 bits per heavy atom. The Kier molecular flexibility index (Phi) is 6.65. The number of aromatic nitrogens is 2. The third-order valence-electron chi connectivity index (χ3n) is 5.94. The highest BCUT2D eigenvalue weighted by Crippen LogP contribution is 2.39. The molecular formula is C25H25FN4O4S. The molecule has 10 heteroatoms. The fourth-order valence-electron chi connectivity index (χ4n) is 4.22. The molecule has 1 unspecified atom stereocenters. The van der Waals surface area contributed by atoms with Crippen molar-refractivity contribution in [3.63, 3.8) is 0 Å². The van der Waals surface area contributed by atoms with Crippen molar-refractivity contribution in [1.29, 1.82) is 0 Å². The maximum Gasteiger partial charge on any atom is 0.258 e. The highest BCUT2D eigenvalue weighted by Gasteiger charge is 2.34. The second-order valence-corrected chi connectivity index (χ2v) is 8.52. The molecule has 1 N–H and O–H groups in total. The number of nitrogens with zero attached hydrogens (tertiary/aromatic N) is 3. The predicted octanol–water partition coefficient (Wildman–Crippen LogP) is 4.69. The van der Waals surface area contributed by atoms with Crippen LogP contribution in [0.3, 0.4) is 0 Å². The summed E-state index contributed by atoms with van der Waals surface area (Å²) < 4.78 is 36.2. The van der Waals surface area contributed by atoms with Crippen LogP contribution in [0.2, 0.25) is 0 Å². The lowest BCUT2D eigenvalue weighted by Gasteiger charge is -2.37. The van der Waals surface area contributed by atoms with Crippen molar-refractivity contribution in [1.82, 2.24) is 20.4 Å². The Labute approximate surface area is 207 Å². The number of halogens is 1. The van der Waals surface area contributed by atoms with E-state index in [1.54, 1.807) is 6.07 Å². The van der Waals surface area contributed by atoms with Crippen molar-refractivity contribution in [2.24, 2.45) is 0 Å². The maximum atomic E-state index is 14.1. The second-order valence-electron chi connectivity index (χ2n) is 8.13. The van der Waals surface area contributed by atoms with Crippen LogP contribution in [0.15, 0.2) is 52.7 Å². The van der Waals surface area contributed by atoms with Gasteiger partial charge in [-0.15, -0.1) is 0 Å². The third kappa shape index (κ3) is 4.71. The van der Waals surface area contributed by atoms with Gasteiger partial charge in [0.25, 0.3) is 5.89 Å². The van der Waals surface area contributed by atoms with E-state index in [4.69, 9.17) is 31.0 Å². The Morgan fingerprint density at radius 1 is 1.20 bits per heavy atom. The van der Waals surface area contributed by atoms with Gasteiger partial charge in [-0.25, -0.2) is 4.39 Å². The predicted molar refractivity (Wildman–Crippen MR) is 131 cm³/mol. The number of hydrogen-bond acceptors (Lipinski definition) is 7. The van der Waals surface area contributed by atoms with Gasteiger partial charge in [-0.2, -0.15) is 4.98 Å². The maximum absolute atomic E-state index is 14.1. The van der Waals surface area contributed by atoms with Crippen LogP contribution < -0.4 is 14.8 Å². The second kappa shape index (κ2) is 10.0. The zero-order valence-corrected chi connectivity index (χ0v) is 20.2. The van der Waals surface area contributed by atoms with E-state index in [2.05, 4.69) is 15.5 Å². The number of allylic oxidation sites excluding steroid dienone is 1. The number of rotatable bonds is 8. The number of fused-ring (bicyclic) bond motifs is 1. The molecule has 3 heterocycles. The Bertz CT molecular complexity index is 1280. The monoisotopic (exact) mass is 496 g/mol. The molecule has 2 aliphatic rings. The van der Waals surface area contributed by atoms with Gasteiger partial charge in [0.2, 0.25) is 12.6 Å². The molecular weight excluding hydrogens is 471 g/mol. The molecule has 8 nitrogen and oxygen atoms in total. The van der Waals surface area contributed by atoms with Crippen LogP contribution in [0.4, 0.5) is 4.39 Å². The smallest absolute Gasteiger partial charge is 0.258 e. The van der Waals surface area contributed by atoms with Gasteiger partial charge in [0.05, 0.1) is 11.6 Å². The summed E-state index contributed by atoms with van der Waals surface area (Å²) in [5, 5.41) is 8.10. The SMILES string of the molecule is CCOCCCN1C(=S)NC(c2cccc(F)c2)C(c2nc(-c3ccc4c(c3)OCO4)no2)=C1C. The van der Waals surface area contributed by atoms with Crippen molar-refractivity contribution in [2.45, 2.75) is 26.3 Å². The molecule has 1 aromatic heterocycles. The Hall–Kier alpha value is -3.50. The van der Waals surface area contributed by atoms with E-state index in [1.807, 2.05) is 43.0 Å². The number of hydrogen-bond donors (Lipinski definition) is 1. The fraction of sp³-hybridized carbons (Fsp3) is 0.320. The minimum Gasteiger partial charge on any atom is -0.454 e. The van der Waals surface area contributed by atoms with Crippen LogP contribution in [0.5, 0.6) is 11.5 Å². The Balaban J connectivity index is 1.52. The summed E-state index contributed by atoms with van der Waals surface area (Å²) >= 11 is 5.68. The van der Waals surface area contributed by atoms with Gasteiger partial charge in [0, 0.05) is 31.0 Å². The minimum absolute atomic E-state index is 0.183. The molecule has 3 aromatic rings. The molecule has 5 rings (SSSR count). The lowest BCUT2D eigenvalue weighted by molar-refractivity contribution is 0.141.